The lowest BCUT2D eigenvalue weighted by Gasteiger charge is -2.31. The Bertz CT molecular complexity index is 321. The first-order valence-corrected chi connectivity index (χ1v) is 9.08. The summed E-state index contributed by atoms with van der Waals surface area (Å²) >= 11 is 0. The van der Waals surface area contributed by atoms with Gasteiger partial charge in [-0.05, 0) is 32.7 Å². The van der Waals surface area contributed by atoms with Crippen molar-refractivity contribution in [2.45, 2.75) is 81.8 Å². The van der Waals surface area contributed by atoms with E-state index in [4.69, 9.17) is 0 Å². The second kappa shape index (κ2) is 7.49. The van der Waals surface area contributed by atoms with Gasteiger partial charge in [-0.3, -0.25) is 0 Å². The zero-order chi connectivity index (χ0) is 13.6. The molecule has 0 aromatic rings. The van der Waals surface area contributed by atoms with Gasteiger partial charge in [-0.1, -0.05) is 39.5 Å². The molecule has 0 aromatic carbocycles. The Morgan fingerprint density at radius 1 is 1.17 bits per heavy atom. The molecule has 0 radical (unpaired) electrons. The van der Waals surface area contributed by atoms with Crippen LogP contribution in [0.5, 0.6) is 0 Å². The van der Waals surface area contributed by atoms with E-state index in [9.17, 15) is 8.42 Å². The summed E-state index contributed by atoms with van der Waals surface area (Å²) in [6.07, 6.45) is 7.82. The quantitative estimate of drug-likeness (QED) is 0.777. The first kappa shape index (κ1) is 16.0. The molecular formula is C14H29NO2S. The lowest BCUT2D eigenvalue weighted by atomic mass is 10.0. The van der Waals surface area contributed by atoms with Crippen LogP contribution in [0.2, 0.25) is 0 Å². The predicted octanol–water partition coefficient (Wildman–Crippen LogP) is 2.90. The molecule has 0 spiro atoms. The van der Waals surface area contributed by atoms with Crippen LogP contribution in [0.1, 0.15) is 65.2 Å². The molecule has 1 aliphatic rings. The summed E-state index contributed by atoms with van der Waals surface area (Å²) in [7, 11) is -1.08. The third-order valence-electron chi connectivity index (χ3n) is 4.26. The second-order valence-electron chi connectivity index (χ2n) is 5.48. The molecule has 4 heteroatoms. The summed E-state index contributed by atoms with van der Waals surface area (Å²) in [4.78, 5) is 0. The molecule has 2 unspecified atom stereocenters. The summed E-state index contributed by atoms with van der Waals surface area (Å²) in [5, 5.41) is 2.94. The van der Waals surface area contributed by atoms with Crippen LogP contribution in [0.4, 0.5) is 0 Å². The molecule has 108 valence electrons. The van der Waals surface area contributed by atoms with E-state index in [2.05, 4.69) is 12.2 Å². The van der Waals surface area contributed by atoms with Gasteiger partial charge < -0.3 is 5.32 Å². The van der Waals surface area contributed by atoms with E-state index in [0.29, 0.717) is 0 Å². The first-order chi connectivity index (χ1) is 8.57. The van der Waals surface area contributed by atoms with Gasteiger partial charge in [0, 0.05) is 6.04 Å². The largest absolute Gasteiger partial charge is 0.316 e. The molecule has 1 aliphatic carbocycles. The zero-order valence-corrected chi connectivity index (χ0v) is 12.9. The van der Waals surface area contributed by atoms with E-state index in [1.54, 1.807) is 0 Å². The van der Waals surface area contributed by atoms with Crippen molar-refractivity contribution < 1.29 is 8.42 Å². The van der Waals surface area contributed by atoms with Gasteiger partial charge in [0.25, 0.3) is 0 Å². The molecule has 3 nitrogen and oxygen atoms in total. The Labute approximate surface area is 113 Å². The Kier molecular flexibility index (Phi) is 6.64. The molecule has 1 saturated carbocycles. The molecule has 0 aliphatic heterocycles. The van der Waals surface area contributed by atoms with Gasteiger partial charge in [0.05, 0.1) is 10.5 Å². The van der Waals surface area contributed by atoms with E-state index in [0.717, 1.165) is 44.9 Å². The van der Waals surface area contributed by atoms with E-state index >= 15 is 0 Å². The average molecular weight is 275 g/mol. The van der Waals surface area contributed by atoms with Gasteiger partial charge in [0.15, 0.2) is 9.84 Å². The van der Waals surface area contributed by atoms with Crippen molar-refractivity contribution in [3.63, 3.8) is 0 Å². The SMILES string of the molecule is CCCC(NC)C(CC)S(=O)(=O)C1CCCCC1. The Hall–Kier alpha value is -0.0900. The zero-order valence-electron chi connectivity index (χ0n) is 12.1. The summed E-state index contributed by atoms with van der Waals surface area (Å²) in [5.41, 5.74) is 0. The van der Waals surface area contributed by atoms with Crippen molar-refractivity contribution in [2.24, 2.45) is 0 Å². The highest BCUT2D eigenvalue weighted by atomic mass is 32.2. The Morgan fingerprint density at radius 3 is 2.22 bits per heavy atom. The summed E-state index contributed by atoms with van der Waals surface area (Å²) in [6.45, 7) is 4.12. The van der Waals surface area contributed by atoms with Crippen LogP contribution in [-0.2, 0) is 9.84 Å². The monoisotopic (exact) mass is 275 g/mol. The molecule has 1 N–H and O–H groups in total. The highest BCUT2D eigenvalue weighted by molar-refractivity contribution is 7.92. The fraction of sp³-hybridized carbons (Fsp3) is 1.00. The van der Waals surface area contributed by atoms with Crippen LogP contribution in [0.25, 0.3) is 0 Å². The maximum Gasteiger partial charge on any atom is 0.157 e. The lowest BCUT2D eigenvalue weighted by Crippen LogP contribution is -2.46. The molecule has 1 rings (SSSR count). The topological polar surface area (TPSA) is 46.2 Å². The van der Waals surface area contributed by atoms with Crippen molar-refractivity contribution in [3.05, 3.63) is 0 Å². The van der Waals surface area contributed by atoms with Crippen molar-refractivity contribution in [1.82, 2.24) is 5.32 Å². The summed E-state index contributed by atoms with van der Waals surface area (Å²) < 4.78 is 25.5. The Morgan fingerprint density at radius 2 is 1.78 bits per heavy atom. The smallest absolute Gasteiger partial charge is 0.157 e. The summed E-state index contributed by atoms with van der Waals surface area (Å²) in [6, 6.07) is 0.118. The minimum absolute atomic E-state index is 0.0797. The third-order valence-corrected chi connectivity index (χ3v) is 7.17. The van der Waals surface area contributed by atoms with Crippen LogP contribution >= 0.6 is 0 Å². The number of hydrogen-bond donors (Lipinski definition) is 1. The highest BCUT2D eigenvalue weighted by Gasteiger charge is 2.37. The maximum absolute atomic E-state index is 12.8. The normalized spacial score (nSPS) is 21.7. The van der Waals surface area contributed by atoms with E-state index in [1.165, 1.54) is 6.42 Å². The van der Waals surface area contributed by atoms with Crippen LogP contribution in [-0.4, -0.2) is 32.0 Å². The standard InChI is InChI=1S/C14H29NO2S/c1-4-9-13(15-3)14(5-2)18(16,17)12-10-7-6-8-11-12/h12-15H,4-11H2,1-3H3. The fourth-order valence-electron chi connectivity index (χ4n) is 3.21. The predicted molar refractivity (Wildman–Crippen MR) is 77.6 cm³/mol. The number of sulfone groups is 1. The van der Waals surface area contributed by atoms with Gasteiger partial charge in [-0.15, -0.1) is 0 Å². The molecule has 0 bridgehead atoms. The van der Waals surface area contributed by atoms with Gasteiger partial charge in [0.1, 0.15) is 0 Å². The van der Waals surface area contributed by atoms with Gasteiger partial charge in [-0.25, -0.2) is 8.42 Å². The first-order valence-electron chi connectivity index (χ1n) is 7.47. The third kappa shape index (κ3) is 3.70. The minimum Gasteiger partial charge on any atom is -0.316 e. The van der Waals surface area contributed by atoms with E-state index in [-0.39, 0.29) is 16.5 Å². The highest BCUT2D eigenvalue weighted by Crippen LogP contribution is 2.29. The van der Waals surface area contributed by atoms with Crippen molar-refractivity contribution in [2.75, 3.05) is 7.05 Å². The Balaban J connectivity index is 2.83. The van der Waals surface area contributed by atoms with Crippen LogP contribution < -0.4 is 5.32 Å². The second-order valence-corrected chi connectivity index (χ2v) is 7.93. The van der Waals surface area contributed by atoms with Crippen molar-refractivity contribution in [1.29, 1.82) is 0 Å². The van der Waals surface area contributed by atoms with Crippen LogP contribution in [0.3, 0.4) is 0 Å². The van der Waals surface area contributed by atoms with Crippen LogP contribution in [0, 0.1) is 0 Å². The molecule has 0 amide bonds. The molecule has 2 atom stereocenters. The summed E-state index contributed by atoms with van der Waals surface area (Å²) in [5.74, 6) is 0. The van der Waals surface area contributed by atoms with Gasteiger partial charge in [0.2, 0.25) is 0 Å². The molecule has 0 aromatic heterocycles. The van der Waals surface area contributed by atoms with Crippen LogP contribution in [0.15, 0.2) is 0 Å². The molecular weight excluding hydrogens is 246 g/mol. The number of hydrogen-bond acceptors (Lipinski definition) is 3. The molecule has 0 heterocycles. The maximum atomic E-state index is 12.8. The lowest BCUT2D eigenvalue weighted by molar-refractivity contribution is 0.439. The van der Waals surface area contributed by atoms with E-state index < -0.39 is 9.84 Å². The molecule has 1 fully saturated rings. The molecule has 18 heavy (non-hydrogen) atoms. The van der Waals surface area contributed by atoms with Gasteiger partial charge in [-0.2, -0.15) is 0 Å². The van der Waals surface area contributed by atoms with Crippen molar-refractivity contribution >= 4 is 9.84 Å². The number of nitrogens with one attached hydrogen (secondary N) is 1. The number of rotatable bonds is 7. The van der Waals surface area contributed by atoms with Gasteiger partial charge >= 0.3 is 0 Å². The minimum atomic E-state index is -2.97. The van der Waals surface area contributed by atoms with E-state index in [1.807, 2.05) is 14.0 Å². The van der Waals surface area contributed by atoms with Crippen molar-refractivity contribution in [3.8, 4) is 0 Å². The average Bonchev–Trinajstić information content (AvgIpc) is 2.39. The fourth-order valence-corrected chi connectivity index (χ4v) is 5.89. The molecule has 0 saturated heterocycles.